The molecule has 0 unspecified atom stereocenters. The van der Waals surface area contributed by atoms with Crippen LogP contribution in [0.5, 0.6) is 5.75 Å². The Balaban J connectivity index is 1.82. The van der Waals surface area contributed by atoms with Crippen molar-refractivity contribution in [1.82, 2.24) is 4.57 Å². The van der Waals surface area contributed by atoms with Gasteiger partial charge in [0.05, 0.1) is 31.9 Å². The fourth-order valence-corrected chi connectivity index (χ4v) is 3.66. The van der Waals surface area contributed by atoms with Crippen molar-refractivity contribution in [3.8, 4) is 5.75 Å². The van der Waals surface area contributed by atoms with Crippen LogP contribution in [-0.4, -0.2) is 36.0 Å². The number of benzene rings is 1. The first kappa shape index (κ1) is 17.4. The molecule has 3 heterocycles. The number of hydrogen-bond acceptors (Lipinski definition) is 6. The van der Waals surface area contributed by atoms with Gasteiger partial charge >= 0.3 is 5.97 Å². The highest BCUT2D eigenvalue weighted by atomic mass is 16.5. The first-order valence-electron chi connectivity index (χ1n) is 8.63. The van der Waals surface area contributed by atoms with Crippen LogP contribution in [0.3, 0.4) is 0 Å². The zero-order valence-electron chi connectivity index (χ0n) is 14.8. The minimum Gasteiger partial charge on any atom is -0.505 e. The zero-order chi connectivity index (χ0) is 19.0. The van der Waals surface area contributed by atoms with Gasteiger partial charge < -0.3 is 23.9 Å². The molecule has 7 heteroatoms. The van der Waals surface area contributed by atoms with Crippen molar-refractivity contribution < 1.29 is 24.1 Å². The summed E-state index contributed by atoms with van der Waals surface area (Å²) >= 11 is 0. The van der Waals surface area contributed by atoms with E-state index in [0.717, 1.165) is 5.56 Å². The number of pyridine rings is 1. The van der Waals surface area contributed by atoms with Crippen molar-refractivity contribution >= 4 is 11.7 Å². The average molecular weight is 369 g/mol. The van der Waals surface area contributed by atoms with E-state index in [4.69, 9.17) is 14.2 Å². The van der Waals surface area contributed by atoms with Crippen LogP contribution >= 0.6 is 0 Å². The van der Waals surface area contributed by atoms with E-state index in [0.29, 0.717) is 13.2 Å². The Labute approximate surface area is 155 Å². The molecule has 1 aromatic carbocycles. The third-order valence-electron chi connectivity index (χ3n) is 4.97. The summed E-state index contributed by atoms with van der Waals surface area (Å²) in [4.78, 5) is 24.8. The lowest BCUT2D eigenvalue weighted by Crippen LogP contribution is -2.32. The fraction of sp³-hybridized carbons (Fsp3) is 0.300. The molecule has 0 radical (unpaired) electrons. The number of carbonyl (C=O) groups is 1. The van der Waals surface area contributed by atoms with Gasteiger partial charge in [-0.25, -0.2) is 4.79 Å². The summed E-state index contributed by atoms with van der Waals surface area (Å²) in [6.45, 7) is 0.829. The summed E-state index contributed by atoms with van der Waals surface area (Å²) in [6.07, 6.45) is 1.60. The minimum atomic E-state index is -0.635. The number of hydrogen-bond donors (Lipinski definition) is 1. The summed E-state index contributed by atoms with van der Waals surface area (Å²) in [6, 6.07) is 10.6. The second kappa shape index (κ2) is 6.92. The van der Waals surface area contributed by atoms with Crippen LogP contribution in [0.1, 0.15) is 17.3 Å². The van der Waals surface area contributed by atoms with E-state index in [2.05, 4.69) is 0 Å². The van der Waals surface area contributed by atoms with Gasteiger partial charge in [-0.1, -0.05) is 30.3 Å². The molecule has 2 atom stereocenters. The van der Waals surface area contributed by atoms with Crippen molar-refractivity contribution in [1.29, 1.82) is 0 Å². The quantitative estimate of drug-likeness (QED) is 0.831. The number of aromatic nitrogens is 1. The Hall–Kier alpha value is -3.06. The van der Waals surface area contributed by atoms with Crippen molar-refractivity contribution in [2.45, 2.75) is 12.6 Å². The number of methoxy groups -OCH3 is 1. The van der Waals surface area contributed by atoms with Crippen molar-refractivity contribution in [2.24, 2.45) is 5.92 Å². The lowest BCUT2D eigenvalue weighted by molar-refractivity contribution is -0.137. The molecule has 1 aromatic heterocycles. The van der Waals surface area contributed by atoms with Gasteiger partial charge in [0.2, 0.25) is 5.43 Å². The molecule has 0 saturated carbocycles. The third-order valence-corrected chi connectivity index (χ3v) is 4.97. The van der Waals surface area contributed by atoms with Crippen LogP contribution < -0.4 is 10.2 Å². The smallest absolute Gasteiger partial charge is 0.338 e. The number of carbonyl (C=O) groups excluding carboxylic acids is 1. The first-order chi connectivity index (χ1) is 13.1. The molecule has 1 N–H and O–H groups in total. The molecular formula is C20H19NO6. The number of rotatable bonds is 4. The number of aliphatic hydroxyl groups is 1. The lowest BCUT2D eigenvalue weighted by atomic mass is 9.88. The zero-order valence-corrected chi connectivity index (χ0v) is 14.8. The number of esters is 1. The lowest BCUT2D eigenvalue weighted by Gasteiger charge is -2.31. The topological polar surface area (TPSA) is 87.0 Å². The third kappa shape index (κ3) is 2.90. The summed E-state index contributed by atoms with van der Waals surface area (Å²) in [5.41, 5.74) is 0.820. The largest absolute Gasteiger partial charge is 0.505 e. The molecule has 140 valence electrons. The second-order valence-corrected chi connectivity index (χ2v) is 6.50. The van der Waals surface area contributed by atoms with Gasteiger partial charge in [-0.05, 0) is 5.56 Å². The van der Waals surface area contributed by atoms with Crippen molar-refractivity contribution in [3.63, 3.8) is 0 Å². The fourth-order valence-electron chi connectivity index (χ4n) is 3.66. The van der Waals surface area contributed by atoms with E-state index in [9.17, 15) is 14.7 Å². The summed E-state index contributed by atoms with van der Waals surface area (Å²) in [5.74, 6) is -1.26. The van der Waals surface area contributed by atoms with Crippen LogP contribution in [-0.2, 0) is 20.9 Å². The predicted octanol–water partition coefficient (Wildman–Crippen LogP) is 2.07. The molecule has 2 aromatic rings. The molecule has 0 aliphatic carbocycles. The Morgan fingerprint density at radius 2 is 2.04 bits per heavy atom. The van der Waals surface area contributed by atoms with Crippen LogP contribution in [0, 0.1) is 5.92 Å². The van der Waals surface area contributed by atoms with E-state index in [1.165, 1.54) is 13.2 Å². The molecule has 27 heavy (non-hydrogen) atoms. The van der Waals surface area contributed by atoms with Gasteiger partial charge in [0.25, 0.3) is 0 Å². The van der Waals surface area contributed by atoms with Crippen molar-refractivity contribution in [2.75, 3.05) is 20.3 Å². The number of fused-ring (bicyclic) bond motifs is 3. The molecule has 1 saturated heterocycles. The summed E-state index contributed by atoms with van der Waals surface area (Å²) in [7, 11) is 1.26. The minimum absolute atomic E-state index is 0.00519. The Morgan fingerprint density at radius 1 is 1.26 bits per heavy atom. The SMILES string of the molecule is COC(=O)C1=C(O)c2c(OCc3ccccc3)c(=O)ccn2[C@@H]2COC[C@H]12. The van der Waals surface area contributed by atoms with Gasteiger partial charge in [0.15, 0.2) is 11.5 Å². The number of aliphatic hydroxyl groups excluding tert-OH is 1. The molecule has 0 spiro atoms. The van der Waals surface area contributed by atoms with Crippen LogP contribution in [0.25, 0.3) is 5.76 Å². The average Bonchev–Trinajstić information content (AvgIpc) is 3.17. The van der Waals surface area contributed by atoms with E-state index in [-0.39, 0.29) is 46.8 Å². The Morgan fingerprint density at radius 3 is 2.78 bits per heavy atom. The molecule has 0 bridgehead atoms. The summed E-state index contributed by atoms with van der Waals surface area (Å²) in [5, 5.41) is 10.9. The van der Waals surface area contributed by atoms with E-state index >= 15 is 0 Å². The van der Waals surface area contributed by atoms with E-state index < -0.39 is 5.97 Å². The van der Waals surface area contributed by atoms with Gasteiger partial charge in [0, 0.05) is 18.2 Å². The first-order valence-corrected chi connectivity index (χ1v) is 8.63. The van der Waals surface area contributed by atoms with Gasteiger partial charge in [0.1, 0.15) is 12.3 Å². The molecule has 4 rings (SSSR count). The normalized spacial score (nSPS) is 20.8. The Bertz CT molecular complexity index is 962. The number of nitrogens with zero attached hydrogens (tertiary/aromatic N) is 1. The standard InChI is InChI=1S/C20H19NO6/c1-25-20(24)16-13-10-26-11-14(13)21-8-7-15(22)19(17(21)18(16)23)27-9-12-5-3-2-4-6-12/h2-8,13-14,23H,9-11H2,1H3/t13-,14+/m0/s1. The molecule has 7 nitrogen and oxygen atoms in total. The van der Waals surface area contributed by atoms with E-state index in [1.807, 2.05) is 30.3 Å². The molecule has 0 amide bonds. The van der Waals surface area contributed by atoms with Crippen LogP contribution in [0.2, 0.25) is 0 Å². The highest BCUT2D eigenvalue weighted by Crippen LogP contribution is 2.43. The van der Waals surface area contributed by atoms with Crippen molar-refractivity contribution in [3.05, 3.63) is 69.6 Å². The van der Waals surface area contributed by atoms with Crippen LogP contribution in [0.15, 0.2) is 53.0 Å². The molecule has 1 fully saturated rings. The second-order valence-electron chi connectivity index (χ2n) is 6.50. The molecule has 2 aliphatic heterocycles. The maximum Gasteiger partial charge on any atom is 0.338 e. The molecule has 2 aliphatic rings. The van der Waals surface area contributed by atoms with E-state index in [1.54, 1.807) is 10.8 Å². The van der Waals surface area contributed by atoms with Gasteiger partial charge in [-0.15, -0.1) is 0 Å². The monoisotopic (exact) mass is 369 g/mol. The van der Waals surface area contributed by atoms with Crippen LogP contribution in [0.4, 0.5) is 0 Å². The predicted molar refractivity (Wildman–Crippen MR) is 96.4 cm³/mol. The Kier molecular flexibility index (Phi) is 4.45. The van der Waals surface area contributed by atoms with Gasteiger partial charge in [-0.2, -0.15) is 0 Å². The highest BCUT2D eigenvalue weighted by Gasteiger charge is 2.44. The molecular weight excluding hydrogens is 350 g/mol. The summed E-state index contributed by atoms with van der Waals surface area (Å²) < 4.78 is 17.9. The number of ether oxygens (including phenoxy) is 3. The van der Waals surface area contributed by atoms with Gasteiger partial charge in [-0.3, -0.25) is 4.79 Å². The highest BCUT2D eigenvalue weighted by molar-refractivity contribution is 5.97. The maximum atomic E-state index is 12.5. The maximum absolute atomic E-state index is 12.5.